The Kier molecular flexibility index (Phi) is 4.24. The van der Waals surface area contributed by atoms with Crippen LogP contribution in [0.4, 0.5) is 5.88 Å². The summed E-state index contributed by atoms with van der Waals surface area (Å²) in [6.45, 7) is 4.02. The standard InChI is InChI=1S/C15H21N5O2/c1-11-7-15(22-18-11)17-14(21)10-19(2)8-12-3-4-13-16-5-6-20(13)9-12/h5-7,12H,3-4,8-10H2,1-2H3,(H,17,21)/t12-/m0/s1. The third-order valence-corrected chi connectivity index (χ3v) is 3.91. The van der Waals surface area contributed by atoms with Crippen LogP contribution in [-0.4, -0.2) is 45.7 Å². The van der Waals surface area contributed by atoms with Gasteiger partial charge in [0.05, 0.1) is 12.2 Å². The fourth-order valence-corrected chi connectivity index (χ4v) is 2.94. The Hall–Kier alpha value is -2.15. The van der Waals surface area contributed by atoms with Crippen LogP contribution in [0.5, 0.6) is 0 Å². The van der Waals surface area contributed by atoms with Crippen LogP contribution in [0.25, 0.3) is 0 Å². The number of rotatable bonds is 5. The second-order valence-electron chi connectivity index (χ2n) is 5.98. The van der Waals surface area contributed by atoms with Gasteiger partial charge in [-0.3, -0.25) is 15.0 Å². The molecular weight excluding hydrogens is 282 g/mol. The molecule has 1 aliphatic rings. The molecule has 2 aromatic rings. The summed E-state index contributed by atoms with van der Waals surface area (Å²) < 4.78 is 7.19. The number of anilines is 1. The lowest BCUT2D eigenvalue weighted by molar-refractivity contribution is -0.117. The van der Waals surface area contributed by atoms with Crippen molar-refractivity contribution in [1.82, 2.24) is 19.6 Å². The Morgan fingerprint density at radius 1 is 1.59 bits per heavy atom. The van der Waals surface area contributed by atoms with Gasteiger partial charge in [0.25, 0.3) is 0 Å². The first-order chi connectivity index (χ1) is 10.6. The minimum Gasteiger partial charge on any atom is -0.338 e. The number of imidazole rings is 1. The van der Waals surface area contributed by atoms with Crippen LogP contribution in [0.15, 0.2) is 23.0 Å². The lowest BCUT2D eigenvalue weighted by atomic mass is 9.99. The lowest BCUT2D eigenvalue weighted by Crippen LogP contribution is -2.36. The Labute approximate surface area is 129 Å². The first kappa shape index (κ1) is 14.8. The molecule has 1 aliphatic heterocycles. The van der Waals surface area contributed by atoms with Crippen LogP contribution in [0.3, 0.4) is 0 Å². The number of aryl methyl sites for hydroxylation is 2. The van der Waals surface area contributed by atoms with Crippen molar-refractivity contribution < 1.29 is 9.32 Å². The number of hydrogen-bond acceptors (Lipinski definition) is 5. The minimum absolute atomic E-state index is 0.0854. The molecule has 1 atom stereocenters. The first-order valence-corrected chi connectivity index (χ1v) is 7.52. The van der Waals surface area contributed by atoms with E-state index in [4.69, 9.17) is 4.52 Å². The van der Waals surface area contributed by atoms with E-state index in [2.05, 4.69) is 20.0 Å². The zero-order valence-electron chi connectivity index (χ0n) is 13.0. The van der Waals surface area contributed by atoms with Gasteiger partial charge in [0.1, 0.15) is 5.82 Å². The Morgan fingerprint density at radius 2 is 2.45 bits per heavy atom. The number of hydrogen-bond donors (Lipinski definition) is 1. The molecule has 0 unspecified atom stereocenters. The quantitative estimate of drug-likeness (QED) is 0.901. The molecule has 0 saturated heterocycles. The van der Waals surface area contributed by atoms with Gasteiger partial charge < -0.3 is 9.09 Å². The lowest BCUT2D eigenvalue weighted by Gasteiger charge is -2.27. The third kappa shape index (κ3) is 3.54. The van der Waals surface area contributed by atoms with Gasteiger partial charge in [-0.15, -0.1) is 0 Å². The van der Waals surface area contributed by atoms with E-state index in [9.17, 15) is 4.79 Å². The maximum atomic E-state index is 12.0. The van der Waals surface area contributed by atoms with Crippen molar-refractivity contribution in [2.75, 3.05) is 25.5 Å². The van der Waals surface area contributed by atoms with Gasteiger partial charge in [0.15, 0.2) is 0 Å². The summed E-state index contributed by atoms with van der Waals surface area (Å²) in [6.07, 6.45) is 6.01. The fraction of sp³-hybridized carbons (Fsp3) is 0.533. The van der Waals surface area contributed by atoms with Crippen molar-refractivity contribution in [1.29, 1.82) is 0 Å². The number of fused-ring (bicyclic) bond motifs is 1. The van der Waals surface area contributed by atoms with Gasteiger partial charge in [0, 0.05) is 38.0 Å². The van der Waals surface area contributed by atoms with E-state index >= 15 is 0 Å². The molecule has 1 amide bonds. The highest BCUT2D eigenvalue weighted by atomic mass is 16.5. The minimum atomic E-state index is -0.0854. The van der Waals surface area contributed by atoms with E-state index in [1.807, 2.05) is 31.3 Å². The number of aromatic nitrogens is 3. The highest BCUT2D eigenvalue weighted by Crippen LogP contribution is 2.19. The van der Waals surface area contributed by atoms with Crippen molar-refractivity contribution in [2.24, 2.45) is 5.92 Å². The predicted octanol–water partition coefficient (Wildman–Crippen LogP) is 1.31. The molecule has 7 nitrogen and oxygen atoms in total. The topological polar surface area (TPSA) is 76.2 Å². The molecule has 118 valence electrons. The van der Waals surface area contributed by atoms with Crippen LogP contribution in [0.1, 0.15) is 17.9 Å². The molecule has 2 aromatic heterocycles. The summed E-state index contributed by atoms with van der Waals surface area (Å²) >= 11 is 0. The van der Waals surface area contributed by atoms with E-state index in [0.29, 0.717) is 18.3 Å². The summed E-state index contributed by atoms with van der Waals surface area (Å²) in [5, 5.41) is 6.46. The molecule has 0 radical (unpaired) electrons. The summed E-state index contributed by atoms with van der Waals surface area (Å²) in [6, 6.07) is 1.71. The third-order valence-electron chi connectivity index (χ3n) is 3.91. The van der Waals surface area contributed by atoms with E-state index < -0.39 is 0 Å². The SMILES string of the molecule is Cc1cc(NC(=O)CN(C)C[C@@H]2CCc3nccn3C2)on1. The van der Waals surface area contributed by atoms with Gasteiger partial charge >= 0.3 is 0 Å². The van der Waals surface area contributed by atoms with E-state index in [1.165, 1.54) is 0 Å². The average Bonchev–Trinajstić information content (AvgIpc) is 3.06. The molecule has 0 fully saturated rings. The average molecular weight is 303 g/mol. The van der Waals surface area contributed by atoms with Gasteiger partial charge in [-0.1, -0.05) is 5.16 Å². The van der Waals surface area contributed by atoms with E-state index in [0.717, 1.165) is 37.4 Å². The largest absolute Gasteiger partial charge is 0.338 e. The Morgan fingerprint density at radius 3 is 3.23 bits per heavy atom. The fourth-order valence-electron chi connectivity index (χ4n) is 2.94. The first-order valence-electron chi connectivity index (χ1n) is 7.52. The predicted molar refractivity (Wildman–Crippen MR) is 81.4 cm³/mol. The van der Waals surface area contributed by atoms with Crippen LogP contribution in [0.2, 0.25) is 0 Å². The Bertz CT molecular complexity index is 648. The summed E-state index contributed by atoms with van der Waals surface area (Å²) in [7, 11) is 1.97. The second kappa shape index (κ2) is 6.31. The molecule has 3 rings (SSSR count). The highest BCUT2D eigenvalue weighted by molar-refractivity contribution is 5.90. The number of nitrogens with zero attached hydrogens (tertiary/aromatic N) is 4. The van der Waals surface area contributed by atoms with Gasteiger partial charge in [-0.2, -0.15) is 0 Å². The number of likely N-dealkylation sites (N-methyl/N-ethyl adjacent to an activating group) is 1. The molecule has 0 saturated carbocycles. The number of carbonyl (C=O) groups is 1. The summed E-state index contributed by atoms with van der Waals surface area (Å²) in [5.41, 5.74) is 0.752. The van der Waals surface area contributed by atoms with Crippen LogP contribution in [-0.2, 0) is 17.8 Å². The molecule has 0 bridgehead atoms. The molecular formula is C15H21N5O2. The maximum absolute atomic E-state index is 12.0. The zero-order chi connectivity index (χ0) is 15.5. The smallest absolute Gasteiger partial charge is 0.240 e. The van der Waals surface area contributed by atoms with Crippen molar-refractivity contribution in [3.63, 3.8) is 0 Å². The van der Waals surface area contributed by atoms with Gasteiger partial charge in [-0.25, -0.2) is 4.98 Å². The Balaban J connectivity index is 1.46. The van der Waals surface area contributed by atoms with Crippen molar-refractivity contribution >= 4 is 11.8 Å². The van der Waals surface area contributed by atoms with Crippen molar-refractivity contribution in [2.45, 2.75) is 26.3 Å². The summed E-state index contributed by atoms with van der Waals surface area (Å²) in [5.74, 6) is 2.03. The highest BCUT2D eigenvalue weighted by Gasteiger charge is 2.21. The number of carbonyl (C=O) groups excluding carboxylic acids is 1. The van der Waals surface area contributed by atoms with Crippen molar-refractivity contribution in [3.05, 3.63) is 30.0 Å². The van der Waals surface area contributed by atoms with E-state index in [-0.39, 0.29) is 5.91 Å². The molecule has 0 spiro atoms. The van der Waals surface area contributed by atoms with Crippen molar-refractivity contribution in [3.8, 4) is 0 Å². The zero-order valence-corrected chi connectivity index (χ0v) is 13.0. The molecule has 22 heavy (non-hydrogen) atoms. The molecule has 7 heteroatoms. The molecule has 1 N–H and O–H groups in total. The van der Waals surface area contributed by atoms with Crippen LogP contribution in [0, 0.1) is 12.8 Å². The number of nitrogens with one attached hydrogen (secondary N) is 1. The van der Waals surface area contributed by atoms with E-state index in [1.54, 1.807) is 6.07 Å². The van der Waals surface area contributed by atoms with Gasteiger partial charge in [0.2, 0.25) is 11.8 Å². The maximum Gasteiger partial charge on any atom is 0.240 e. The molecule has 3 heterocycles. The monoisotopic (exact) mass is 303 g/mol. The van der Waals surface area contributed by atoms with Crippen LogP contribution < -0.4 is 5.32 Å². The second-order valence-corrected chi connectivity index (χ2v) is 5.98. The molecule has 0 aliphatic carbocycles. The normalized spacial score (nSPS) is 17.5. The van der Waals surface area contributed by atoms with Crippen LogP contribution >= 0.6 is 0 Å². The number of amides is 1. The van der Waals surface area contributed by atoms with Gasteiger partial charge in [-0.05, 0) is 26.3 Å². The summed E-state index contributed by atoms with van der Waals surface area (Å²) in [4.78, 5) is 18.4. The molecule has 0 aromatic carbocycles.